The second-order valence-electron chi connectivity index (χ2n) is 4.74. The molecule has 2 rings (SSSR count). The third-order valence-corrected chi connectivity index (χ3v) is 6.37. The standard InChI is InChI=1S/C14H17N3O5S2/c1-17(24(20,21)12-6-4-3-5-7-12)11-8-9-13(22-2)14(10-11)23(18,19)16-15/h3-10,16H,15H2,1-2H3. The van der Waals surface area contributed by atoms with Crippen LogP contribution in [0.5, 0.6) is 5.75 Å². The first-order chi connectivity index (χ1) is 11.2. The van der Waals surface area contributed by atoms with Crippen LogP contribution in [0.2, 0.25) is 0 Å². The van der Waals surface area contributed by atoms with Crippen LogP contribution in [-0.2, 0) is 20.0 Å². The molecule has 130 valence electrons. The van der Waals surface area contributed by atoms with Crippen molar-refractivity contribution in [3.63, 3.8) is 0 Å². The van der Waals surface area contributed by atoms with Gasteiger partial charge in [0.05, 0.1) is 17.7 Å². The van der Waals surface area contributed by atoms with Gasteiger partial charge in [-0.25, -0.2) is 16.8 Å². The number of rotatable bonds is 6. The highest BCUT2D eigenvalue weighted by atomic mass is 32.2. The van der Waals surface area contributed by atoms with Gasteiger partial charge in [-0.05, 0) is 30.3 Å². The molecule has 0 spiro atoms. The van der Waals surface area contributed by atoms with E-state index in [1.807, 2.05) is 0 Å². The van der Waals surface area contributed by atoms with Crippen molar-refractivity contribution in [2.45, 2.75) is 9.79 Å². The normalized spacial score (nSPS) is 12.0. The van der Waals surface area contributed by atoms with Gasteiger partial charge in [-0.1, -0.05) is 18.2 Å². The first-order valence-electron chi connectivity index (χ1n) is 6.68. The van der Waals surface area contributed by atoms with Crippen molar-refractivity contribution in [1.82, 2.24) is 4.83 Å². The van der Waals surface area contributed by atoms with Crippen molar-refractivity contribution in [2.75, 3.05) is 18.5 Å². The van der Waals surface area contributed by atoms with Gasteiger partial charge in [0.15, 0.2) is 0 Å². The lowest BCUT2D eigenvalue weighted by Gasteiger charge is -2.21. The molecular weight excluding hydrogens is 354 g/mol. The Balaban J connectivity index is 2.55. The lowest BCUT2D eigenvalue weighted by Crippen LogP contribution is -2.31. The van der Waals surface area contributed by atoms with Crippen molar-refractivity contribution in [2.24, 2.45) is 5.84 Å². The number of hydrogen-bond acceptors (Lipinski definition) is 6. The van der Waals surface area contributed by atoms with Gasteiger partial charge in [-0.2, -0.15) is 0 Å². The third-order valence-electron chi connectivity index (χ3n) is 3.36. The second-order valence-corrected chi connectivity index (χ2v) is 8.39. The smallest absolute Gasteiger partial charge is 0.264 e. The Morgan fingerprint density at radius 3 is 2.21 bits per heavy atom. The first-order valence-corrected chi connectivity index (χ1v) is 9.61. The lowest BCUT2D eigenvalue weighted by atomic mass is 10.3. The number of sulfonamides is 2. The number of hydrogen-bond donors (Lipinski definition) is 2. The predicted octanol–water partition coefficient (Wildman–Crippen LogP) is 0.672. The molecule has 24 heavy (non-hydrogen) atoms. The van der Waals surface area contributed by atoms with Crippen LogP contribution < -0.4 is 19.7 Å². The summed E-state index contributed by atoms with van der Waals surface area (Å²) >= 11 is 0. The van der Waals surface area contributed by atoms with Crippen LogP contribution in [0.25, 0.3) is 0 Å². The minimum atomic E-state index is -4.03. The third kappa shape index (κ3) is 3.36. The van der Waals surface area contributed by atoms with Crippen molar-refractivity contribution in [3.8, 4) is 5.75 Å². The maximum absolute atomic E-state index is 12.6. The molecule has 10 heteroatoms. The summed E-state index contributed by atoms with van der Waals surface area (Å²) in [5, 5.41) is 0. The number of methoxy groups -OCH3 is 1. The summed E-state index contributed by atoms with van der Waals surface area (Å²) in [6, 6.07) is 11.8. The summed E-state index contributed by atoms with van der Waals surface area (Å²) in [5.41, 5.74) is 0.147. The van der Waals surface area contributed by atoms with E-state index in [1.165, 1.54) is 44.5 Å². The molecule has 8 nitrogen and oxygen atoms in total. The number of anilines is 1. The number of hydrazine groups is 1. The molecule has 0 aliphatic heterocycles. The molecule has 2 aromatic rings. The molecule has 3 N–H and O–H groups in total. The molecular formula is C14H17N3O5S2. The van der Waals surface area contributed by atoms with E-state index in [9.17, 15) is 16.8 Å². The SMILES string of the molecule is COc1ccc(N(C)S(=O)(=O)c2ccccc2)cc1S(=O)(=O)NN. The van der Waals surface area contributed by atoms with Gasteiger partial charge in [0.2, 0.25) is 0 Å². The van der Waals surface area contributed by atoms with E-state index >= 15 is 0 Å². The fraction of sp³-hybridized carbons (Fsp3) is 0.143. The fourth-order valence-electron chi connectivity index (χ4n) is 2.02. The van der Waals surface area contributed by atoms with Gasteiger partial charge in [-0.3, -0.25) is 10.1 Å². The molecule has 0 saturated heterocycles. The Bertz CT molecular complexity index is 928. The van der Waals surface area contributed by atoms with Crippen LogP contribution in [-0.4, -0.2) is 31.0 Å². The van der Waals surface area contributed by atoms with Gasteiger partial charge in [0.1, 0.15) is 10.6 Å². The molecule has 2 aromatic carbocycles. The number of nitrogens with zero attached hydrogens (tertiary/aromatic N) is 1. The second kappa shape index (κ2) is 6.77. The highest BCUT2D eigenvalue weighted by molar-refractivity contribution is 7.92. The first kappa shape index (κ1) is 18.2. The molecule has 0 amide bonds. The molecule has 0 bridgehead atoms. The molecule has 0 heterocycles. The summed E-state index contributed by atoms with van der Waals surface area (Å²) in [7, 11) is -5.23. The molecule has 0 atom stereocenters. The van der Waals surface area contributed by atoms with Gasteiger partial charge >= 0.3 is 0 Å². The molecule has 0 unspecified atom stereocenters. The number of benzene rings is 2. The highest BCUT2D eigenvalue weighted by Gasteiger charge is 2.24. The van der Waals surface area contributed by atoms with E-state index in [-0.39, 0.29) is 21.2 Å². The van der Waals surface area contributed by atoms with Crippen molar-refractivity contribution in [3.05, 3.63) is 48.5 Å². The Kier molecular flexibility index (Phi) is 5.13. The average molecular weight is 371 g/mol. The Morgan fingerprint density at radius 2 is 1.67 bits per heavy atom. The van der Waals surface area contributed by atoms with Crippen LogP contribution >= 0.6 is 0 Å². The van der Waals surface area contributed by atoms with Gasteiger partial charge < -0.3 is 4.74 Å². The van der Waals surface area contributed by atoms with Crippen molar-refractivity contribution in [1.29, 1.82) is 0 Å². The topological polar surface area (TPSA) is 119 Å². The maximum Gasteiger partial charge on any atom is 0.264 e. The number of nitrogens with one attached hydrogen (secondary N) is 1. The molecule has 0 aliphatic carbocycles. The summed E-state index contributed by atoms with van der Waals surface area (Å²) in [4.78, 5) is 1.52. The largest absolute Gasteiger partial charge is 0.495 e. The van der Waals surface area contributed by atoms with E-state index < -0.39 is 20.0 Å². The predicted molar refractivity (Wildman–Crippen MR) is 89.5 cm³/mol. The zero-order chi connectivity index (χ0) is 18.0. The maximum atomic E-state index is 12.6. The quantitative estimate of drug-likeness (QED) is 0.569. The van der Waals surface area contributed by atoms with E-state index in [4.69, 9.17) is 10.6 Å². The van der Waals surface area contributed by atoms with Crippen LogP contribution in [0.3, 0.4) is 0 Å². The molecule has 0 radical (unpaired) electrons. The van der Waals surface area contributed by atoms with E-state index in [0.29, 0.717) is 0 Å². The minimum absolute atomic E-state index is 0.0437. The van der Waals surface area contributed by atoms with Crippen LogP contribution in [0.1, 0.15) is 0 Å². The van der Waals surface area contributed by atoms with Crippen LogP contribution in [0.4, 0.5) is 5.69 Å². The highest BCUT2D eigenvalue weighted by Crippen LogP contribution is 2.30. The zero-order valence-corrected chi connectivity index (χ0v) is 14.6. The molecule has 0 saturated carbocycles. The Morgan fingerprint density at radius 1 is 1.04 bits per heavy atom. The monoisotopic (exact) mass is 371 g/mol. The summed E-state index contributed by atoms with van der Waals surface area (Å²) in [6.45, 7) is 0. The van der Waals surface area contributed by atoms with Gasteiger partial charge in [-0.15, -0.1) is 4.83 Å². The van der Waals surface area contributed by atoms with E-state index in [2.05, 4.69) is 0 Å². The summed E-state index contributed by atoms with van der Waals surface area (Å²) in [5.74, 6) is 5.08. The molecule has 0 aromatic heterocycles. The average Bonchev–Trinajstić information content (AvgIpc) is 2.61. The molecule has 0 fully saturated rings. The Hall–Kier alpha value is -2.14. The lowest BCUT2D eigenvalue weighted by molar-refractivity contribution is 0.402. The van der Waals surface area contributed by atoms with Crippen molar-refractivity contribution >= 4 is 25.7 Å². The summed E-state index contributed by atoms with van der Waals surface area (Å²) < 4.78 is 55.2. The van der Waals surface area contributed by atoms with Crippen LogP contribution in [0.15, 0.2) is 58.3 Å². The van der Waals surface area contributed by atoms with Gasteiger partial charge in [0, 0.05) is 7.05 Å². The van der Waals surface area contributed by atoms with E-state index in [0.717, 1.165) is 4.31 Å². The minimum Gasteiger partial charge on any atom is -0.495 e. The van der Waals surface area contributed by atoms with Crippen molar-refractivity contribution < 1.29 is 21.6 Å². The van der Waals surface area contributed by atoms with Crippen LogP contribution in [0, 0.1) is 0 Å². The summed E-state index contributed by atoms with van der Waals surface area (Å²) in [6.07, 6.45) is 0. The number of ether oxygens (including phenoxy) is 1. The Labute approximate surface area is 140 Å². The van der Waals surface area contributed by atoms with Gasteiger partial charge in [0.25, 0.3) is 20.0 Å². The van der Waals surface area contributed by atoms with E-state index in [1.54, 1.807) is 23.0 Å². The molecule has 0 aliphatic rings. The number of nitrogens with two attached hydrogens (primary N) is 1. The fourth-order valence-corrected chi connectivity index (χ4v) is 4.05. The zero-order valence-electron chi connectivity index (χ0n) is 13.0.